The lowest BCUT2D eigenvalue weighted by Crippen LogP contribution is -1.80. The van der Waals surface area contributed by atoms with Crippen molar-refractivity contribution in [3.63, 3.8) is 0 Å². The second-order valence-electron chi connectivity index (χ2n) is 2.92. The predicted octanol–water partition coefficient (Wildman–Crippen LogP) is 3.78. The van der Waals surface area contributed by atoms with Crippen molar-refractivity contribution in [3.8, 4) is 0 Å². The molecule has 0 N–H and O–H groups in total. The van der Waals surface area contributed by atoms with Gasteiger partial charge in [-0.25, -0.2) is 0 Å². The number of aldehydes is 1. The molecule has 0 aliphatic heterocycles. The van der Waals surface area contributed by atoms with E-state index in [0.717, 1.165) is 26.6 Å². The van der Waals surface area contributed by atoms with Crippen LogP contribution in [0.25, 0.3) is 10.1 Å². The van der Waals surface area contributed by atoms with Gasteiger partial charge in [0, 0.05) is 10.3 Å². The van der Waals surface area contributed by atoms with E-state index in [1.165, 1.54) is 4.70 Å². The van der Waals surface area contributed by atoms with Crippen molar-refractivity contribution in [1.82, 2.24) is 0 Å². The van der Waals surface area contributed by atoms with Gasteiger partial charge >= 0.3 is 0 Å². The van der Waals surface area contributed by atoms with Crippen LogP contribution in [0.3, 0.4) is 0 Å². The van der Waals surface area contributed by atoms with E-state index in [0.29, 0.717) is 0 Å². The molecule has 0 unspecified atom stereocenters. The molecule has 0 aliphatic carbocycles. The summed E-state index contributed by atoms with van der Waals surface area (Å²) in [6.07, 6.45) is 0.887. The Balaban J connectivity index is 2.82. The largest absolute Gasteiger partial charge is 0.298 e. The average molecular weight is 255 g/mol. The molecule has 13 heavy (non-hydrogen) atoms. The molecule has 1 aromatic heterocycles. The molecule has 0 spiro atoms. The highest BCUT2D eigenvalue weighted by Crippen LogP contribution is 2.32. The summed E-state index contributed by atoms with van der Waals surface area (Å²) < 4.78 is 2.35. The summed E-state index contributed by atoms with van der Waals surface area (Å²) >= 11 is 5.13. The minimum Gasteiger partial charge on any atom is -0.298 e. The van der Waals surface area contributed by atoms with Crippen molar-refractivity contribution < 1.29 is 4.79 Å². The van der Waals surface area contributed by atoms with E-state index in [1.807, 2.05) is 25.1 Å². The van der Waals surface area contributed by atoms with Crippen LogP contribution in [0.1, 0.15) is 15.9 Å². The van der Waals surface area contributed by atoms with Crippen LogP contribution in [0.5, 0.6) is 0 Å². The Labute approximate surface area is 88.5 Å². The quantitative estimate of drug-likeness (QED) is 0.708. The maximum atomic E-state index is 10.6. The Kier molecular flexibility index (Phi) is 2.22. The van der Waals surface area contributed by atoms with E-state index in [2.05, 4.69) is 15.9 Å². The standard InChI is InChI=1S/C10H7BrOS/c1-6-2-7(5-12)3-8-4-9(11)13-10(6)8/h2-5H,1H3. The lowest BCUT2D eigenvalue weighted by atomic mass is 10.1. The van der Waals surface area contributed by atoms with Gasteiger partial charge in [-0.1, -0.05) is 0 Å². The number of aryl methyl sites for hydroxylation is 1. The number of halogens is 1. The van der Waals surface area contributed by atoms with Crippen LogP contribution in [0.4, 0.5) is 0 Å². The molecular weight excluding hydrogens is 248 g/mol. The molecule has 1 aromatic carbocycles. The Morgan fingerprint density at radius 1 is 1.38 bits per heavy atom. The fraction of sp³-hybridized carbons (Fsp3) is 0.100. The Hall–Kier alpha value is -0.670. The summed E-state index contributed by atoms with van der Waals surface area (Å²) in [4.78, 5) is 10.6. The van der Waals surface area contributed by atoms with Gasteiger partial charge in [0.25, 0.3) is 0 Å². The van der Waals surface area contributed by atoms with Gasteiger partial charge in [0.05, 0.1) is 3.79 Å². The van der Waals surface area contributed by atoms with Crippen LogP contribution >= 0.6 is 27.3 Å². The van der Waals surface area contributed by atoms with Crippen LogP contribution in [0.15, 0.2) is 22.0 Å². The maximum Gasteiger partial charge on any atom is 0.150 e. The molecule has 2 aromatic rings. The lowest BCUT2D eigenvalue weighted by Gasteiger charge is -1.96. The van der Waals surface area contributed by atoms with Crippen LogP contribution < -0.4 is 0 Å². The fourth-order valence-electron chi connectivity index (χ4n) is 1.39. The fourth-order valence-corrected chi connectivity index (χ4v) is 2.96. The zero-order valence-corrected chi connectivity index (χ0v) is 9.41. The highest BCUT2D eigenvalue weighted by atomic mass is 79.9. The number of fused-ring (bicyclic) bond motifs is 1. The predicted molar refractivity (Wildman–Crippen MR) is 59.6 cm³/mol. The average Bonchev–Trinajstić information content (AvgIpc) is 2.46. The van der Waals surface area contributed by atoms with Crippen molar-refractivity contribution in [2.24, 2.45) is 0 Å². The highest BCUT2D eigenvalue weighted by molar-refractivity contribution is 9.11. The van der Waals surface area contributed by atoms with Crippen molar-refractivity contribution in [1.29, 1.82) is 0 Å². The first-order valence-electron chi connectivity index (χ1n) is 3.85. The SMILES string of the molecule is Cc1cc(C=O)cc2cc(Br)sc12. The molecule has 0 amide bonds. The Morgan fingerprint density at radius 3 is 2.85 bits per heavy atom. The number of rotatable bonds is 1. The van der Waals surface area contributed by atoms with Crippen molar-refractivity contribution >= 4 is 43.6 Å². The summed E-state index contributed by atoms with van der Waals surface area (Å²) in [6, 6.07) is 5.87. The van der Waals surface area contributed by atoms with E-state index < -0.39 is 0 Å². The van der Waals surface area contributed by atoms with E-state index in [9.17, 15) is 4.79 Å². The van der Waals surface area contributed by atoms with E-state index >= 15 is 0 Å². The van der Waals surface area contributed by atoms with E-state index in [-0.39, 0.29) is 0 Å². The van der Waals surface area contributed by atoms with Gasteiger partial charge in [0.1, 0.15) is 6.29 Å². The maximum absolute atomic E-state index is 10.6. The Morgan fingerprint density at radius 2 is 2.15 bits per heavy atom. The first-order valence-corrected chi connectivity index (χ1v) is 5.46. The van der Waals surface area contributed by atoms with Crippen LogP contribution in [-0.2, 0) is 0 Å². The molecule has 0 atom stereocenters. The molecule has 0 saturated heterocycles. The molecule has 2 rings (SSSR count). The van der Waals surface area contributed by atoms with Gasteiger partial charge in [-0.15, -0.1) is 11.3 Å². The molecule has 0 saturated carbocycles. The second-order valence-corrected chi connectivity index (χ2v) is 5.36. The van der Waals surface area contributed by atoms with Crippen molar-refractivity contribution in [3.05, 3.63) is 33.1 Å². The third-order valence-electron chi connectivity index (χ3n) is 1.93. The molecule has 1 heterocycles. The summed E-state index contributed by atoms with van der Waals surface area (Å²) in [5.41, 5.74) is 1.91. The number of hydrogen-bond acceptors (Lipinski definition) is 2. The molecule has 0 aliphatic rings. The summed E-state index contributed by atoms with van der Waals surface area (Å²) in [7, 11) is 0. The second kappa shape index (κ2) is 3.24. The first kappa shape index (κ1) is 8.91. The van der Waals surface area contributed by atoms with Gasteiger partial charge in [0.2, 0.25) is 0 Å². The van der Waals surface area contributed by atoms with Gasteiger partial charge in [0.15, 0.2) is 0 Å². The number of benzene rings is 1. The van der Waals surface area contributed by atoms with Gasteiger partial charge in [-0.05, 0) is 52.0 Å². The molecule has 66 valence electrons. The third-order valence-corrected chi connectivity index (χ3v) is 3.72. The summed E-state index contributed by atoms with van der Waals surface area (Å²) in [6.45, 7) is 2.03. The summed E-state index contributed by atoms with van der Waals surface area (Å²) in [5, 5.41) is 1.14. The van der Waals surface area contributed by atoms with Crippen LogP contribution in [-0.4, -0.2) is 6.29 Å². The minimum absolute atomic E-state index is 0.746. The normalized spacial score (nSPS) is 10.6. The smallest absolute Gasteiger partial charge is 0.150 e. The van der Waals surface area contributed by atoms with Gasteiger partial charge in [-0.2, -0.15) is 0 Å². The monoisotopic (exact) mass is 254 g/mol. The molecule has 1 nitrogen and oxygen atoms in total. The zero-order chi connectivity index (χ0) is 9.42. The van der Waals surface area contributed by atoms with Crippen molar-refractivity contribution in [2.75, 3.05) is 0 Å². The topological polar surface area (TPSA) is 17.1 Å². The van der Waals surface area contributed by atoms with Gasteiger partial charge < -0.3 is 0 Å². The van der Waals surface area contributed by atoms with Crippen molar-refractivity contribution in [2.45, 2.75) is 6.92 Å². The molecule has 0 fully saturated rings. The minimum atomic E-state index is 0.746. The number of hydrogen-bond donors (Lipinski definition) is 0. The zero-order valence-electron chi connectivity index (χ0n) is 7.00. The molecule has 3 heteroatoms. The van der Waals surface area contributed by atoms with Crippen LogP contribution in [0.2, 0.25) is 0 Å². The molecular formula is C10H7BrOS. The third kappa shape index (κ3) is 1.54. The molecule has 0 bridgehead atoms. The highest BCUT2D eigenvalue weighted by Gasteiger charge is 2.03. The summed E-state index contributed by atoms with van der Waals surface area (Å²) in [5.74, 6) is 0. The van der Waals surface area contributed by atoms with Gasteiger partial charge in [-0.3, -0.25) is 4.79 Å². The number of carbonyl (C=O) groups is 1. The van der Waals surface area contributed by atoms with E-state index in [4.69, 9.17) is 0 Å². The van der Waals surface area contributed by atoms with Crippen LogP contribution in [0, 0.1) is 6.92 Å². The molecule has 0 radical (unpaired) electrons. The lowest BCUT2D eigenvalue weighted by molar-refractivity contribution is 0.112. The first-order chi connectivity index (χ1) is 6.20. The number of carbonyl (C=O) groups excluding carboxylic acids is 1. The number of thiophene rings is 1. The van der Waals surface area contributed by atoms with E-state index in [1.54, 1.807) is 11.3 Å². The Bertz CT molecular complexity index is 473.